The molecule has 0 spiro atoms. The Bertz CT molecular complexity index is 797. The van der Waals surface area contributed by atoms with E-state index in [1.165, 1.54) is 0 Å². The van der Waals surface area contributed by atoms with E-state index in [0.717, 1.165) is 10.9 Å². The molecule has 0 fully saturated rings. The molecule has 1 heterocycles. The minimum absolute atomic E-state index is 0.0915. The Morgan fingerprint density at radius 2 is 1.92 bits per heavy atom. The van der Waals surface area contributed by atoms with Crippen LogP contribution in [0.3, 0.4) is 0 Å². The number of aryl methyl sites for hydroxylation is 1. The van der Waals surface area contributed by atoms with E-state index in [-0.39, 0.29) is 12.5 Å². The van der Waals surface area contributed by atoms with E-state index in [1.807, 2.05) is 32.0 Å². The number of carboxylic acid groups (broad SMARTS) is 1. The van der Waals surface area contributed by atoms with E-state index >= 15 is 0 Å². The quantitative estimate of drug-likeness (QED) is 0.805. The van der Waals surface area contributed by atoms with Gasteiger partial charge in [-0.1, -0.05) is 13.8 Å². The molecule has 0 atom stereocenters. The molecule has 2 aromatic rings. The van der Waals surface area contributed by atoms with Crippen molar-refractivity contribution >= 4 is 22.8 Å². The second-order valence-electron chi connectivity index (χ2n) is 6.16. The summed E-state index contributed by atoms with van der Waals surface area (Å²) in [6.45, 7) is 5.49. The van der Waals surface area contributed by atoms with Crippen LogP contribution >= 0.6 is 0 Å². The molecule has 1 amide bonds. The van der Waals surface area contributed by atoms with Gasteiger partial charge in [0.2, 0.25) is 0 Å². The highest BCUT2D eigenvalue weighted by Crippen LogP contribution is 2.26. The molecule has 2 N–H and O–H groups in total. The fourth-order valence-electron chi connectivity index (χ4n) is 2.82. The summed E-state index contributed by atoms with van der Waals surface area (Å²) < 4.78 is 5.19. The van der Waals surface area contributed by atoms with Gasteiger partial charge in [-0.25, -0.2) is 0 Å². The molecule has 0 radical (unpaired) electrons. The highest BCUT2D eigenvalue weighted by atomic mass is 16.5. The number of carbonyl (C=O) groups excluding carboxylic acids is 1. The zero-order chi connectivity index (χ0) is 18.6. The van der Waals surface area contributed by atoms with E-state index in [4.69, 9.17) is 4.74 Å². The summed E-state index contributed by atoms with van der Waals surface area (Å²) in [5.41, 5.74) is 0.841. The number of carboxylic acids is 1. The summed E-state index contributed by atoms with van der Waals surface area (Å²) in [7, 11) is 1.59. The molecule has 0 aliphatic heterocycles. The first-order valence-electron chi connectivity index (χ1n) is 8.34. The number of methoxy groups -OCH3 is 1. The van der Waals surface area contributed by atoms with Crippen molar-refractivity contribution in [2.45, 2.75) is 33.6 Å². The first kappa shape index (κ1) is 18.7. The van der Waals surface area contributed by atoms with Gasteiger partial charge in [-0.15, -0.1) is 0 Å². The van der Waals surface area contributed by atoms with Crippen LogP contribution in [0, 0.1) is 12.3 Å². The Hall–Kier alpha value is -2.63. The number of hydrogen-bond donors (Lipinski definition) is 2. The van der Waals surface area contributed by atoms with Crippen molar-refractivity contribution in [2.24, 2.45) is 5.41 Å². The fourth-order valence-corrected chi connectivity index (χ4v) is 2.82. The summed E-state index contributed by atoms with van der Waals surface area (Å²) >= 11 is 0. The highest BCUT2D eigenvalue weighted by molar-refractivity contribution is 5.99. The predicted octanol–water partition coefficient (Wildman–Crippen LogP) is 3.17. The lowest BCUT2D eigenvalue weighted by Crippen LogP contribution is -2.42. The zero-order valence-corrected chi connectivity index (χ0v) is 15.0. The van der Waals surface area contributed by atoms with Crippen LogP contribution in [0.5, 0.6) is 5.75 Å². The van der Waals surface area contributed by atoms with Crippen LogP contribution in [0.2, 0.25) is 0 Å². The van der Waals surface area contributed by atoms with Gasteiger partial charge >= 0.3 is 5.97 Å². The largest absolute Gasteiger partial charge is 0.497 e. The van der Waals surface area contributed by atoms with E-state index in [0.29, 0.717) is 29.8 Å². The van der Waals surface area contributed by atoms with Crippen LogP contribution in [0.15, 0.2) is 24.3 Å². The molecule has 6 heteroatoms. The number of rotatable bonds is 7. The molecule has 0 bridgehead atoms. The second kappa shape index (κ2) is 7.51. The predicted molar refractivity (Wildman–Crippen MR) is 96.0 cm³/mol. The van der Waals surface area contributed by atoms with Gasteiger partial charge in [-0.05, 0) is 38.0 Å². The maximum absolute atomic E-state index is 12.6. The standard InChI is InChI=1S/C19H24N2O4/c1-5-19(6-2,18(23)24)11-20-17(22)15-9-13-7-8-14(25-4)10-16(13)21-12(15)3/h7-10H,5-6,11H2,1-4H3,(H,20,22)(H,23,24). The molecular weight excluding hydrogens is 320 g/mol. The van der Waals surface area contributed by atoms with Crippen LogP contribution in [0.25, 0.3) is 10.9 Å². The number of amides is 1. The molecule has 6 nitrogen and oxygen atoms in total. The third kappa shape index (κ3) is 3.73. The number of carbonyl (C=O) groups is 2. The number of pyridine rings is 1. The molecular formula is C19H24N2O4. The number of hydrogen-bond acceptors (Lipinski definition) is 4. The molecule has 2 rings (SSSR count). The molecule has 25 heavy (non-hydrogen) atoms. The van der Waals surface area contributed by atoms with Crippen molar-refractivity contribution in [1.82, 2.24) is 10.3 Å². The number of nitrogens with zero attached hydrogens (tertiary/aromatic N) is 1. The van der Waals surface area contributed by atoms with Crippen molar-refractivity contribution in [1.29, 1.82) is 0 Å². The van der Waals surface area contributed by atoms with Gasteiger partial charge in [0, 0.05) is 18.0 Å². The monoisotopic (exact) mass is 344 g/mol. The summed E-state index contributed by atoms with van der Waals surface area (Å²) in [6.07, 6.45) is 0.904. The van der Waals surface area contributed by atoms with Gasteiger partial charge in [-0.2, -0.15) is 0 Å². The lowest BCUT2D eigenvalue weighted by molar-refractivity contribution is -0.149. The number of nitrogens with one attached hydrogen (secondary N) is 1. The Morgan fingerprint density at radius 3 is 2.48 bits per heavy atom. The van der Waals surface area contributed by atoms with Gasteiger partial charge in [0.1, 0.15) is 5.75 Å². The Labute approximate surface area is 147 Å². The van der Waals surface area contributed by atoms with Gasteiger partial charge in [0.05, 0.1) is 29.3 Å². The maximum atomic E-state index is 12.6. The number of aromatic nitrogens is 1. The second-order valence-corrected chi connectivity index (χ2v) is 6.16. The molecule has 0 aliphatic carbocycles. The topological polar surface area (TPSA) is 88.5 Å². The first-order chi connectivity index (χ1) is 11.9. The average Bonchev–Trinajstić information content (AvgIpc) is 2.61. The molecule has 1 aromatic carbocycles. The average molecular weight is 344 g/mol. The maximum Gasteiger partial charge on any atom is 0.311 e. The van der Waals surface area contributed by atoms with Crippen molar-refractivity contribution in [3.63, 3.8) is 0 Å². The lowest BCUT2D eigenvalue weighted by atomic mass is 9.82. The SMILES string of the molecule is CCC(CC)(CNC(=O)c1cc2ccc(OC)cc2nc1C)C(=O)O. The van der Waals surface area contributed by atoms with Crippen molar-refractivity contribution in [3.05, 3.63) is 35.5 Å². The third-order valence-corrected chi connectivity index (χ3v) is 4.85. The first-order valence-corrected chi connectivity index (χ1v) is 8.34. The summed E-state index contributed by atoms with van der Waals surface area (Å²) in [4.78, 5) is 28.6. The van der Waals surface area contributed by atoms with E-state index < -0.39 is 11.4 Å². The van der Waals surface area contributed by atoms with Gasteiger partial charge in [0.25, 0.3) is 5.91 Å². The number of benzene rings is 1. The molecule has 0 saturated carbocycles. The summed E-state index contributed by atoms with van der Waals surface area (Å²) in [6, 6.07) is 7.24. The number of ether oxygens (including phenoxy) is 1. The highest BCUT2D eigenvalue weighted by Gasteiger charge is 2.35. The summed E-state index contributed by atoms with van der Waals surface area (Å²) in [5, 5.41) is 13.1. The van der Waals surface area contributed by atoms with E-state index in [9.17, 15) is 14.7 Å². The van der Waals surface area contributed by atoms with E-state index in [1.54, 1.807) is 20.1 Å². The minimum atomic E-state index is -0.943. The molecule has 0 unspecified atom stereocenters. The summed E-state index contributed by atoms with van der Waals surface area (Å²) in [5.74, 6) is -0.498. The van der Waals surface area contributed by atoms with Crippen LogP contribution < -0.4 is 10.1 Å². The van der Waals surface area contributed by atoms with Gasteiger partial charge in [-0.3, -0.25) is 14.6 Å². The molecule has 0 aliphatic rings. The smallest absolute Gasteiger partial charge is 0.311 e. The Kier molecular flexibility index (Phi) is 5.62. The number of fused-ring (bicyclic) bond motifs is 1. The van der Waals surface area contributed by atoms with Gasteiger partial charge < -0.3 is 15.2 Å². The third-order valence-electron chi connectivity index (χ3n) is 4.85. The zero-order valence-electron chi connectivity index (χ0n) is 15.0. The van der Waals surface area contributed by atoms with Crippen molar-refractivity contribution in [3.8, 4) is 5.75 Å². The van der Waals surface area contributed by atoms with Crippen LogP contribution in [-0.2, 0) is 4.79 Å². The van der Waals surface area contributed by atoms with Gasteiger partial charge in [0.15, 0.2) is 0 Å². The Morgan fingerprint density at radius 1 is 1.24 bits per heavy atom. The Balaban J connectivity index is 2.27. The fraction of sp³-hybridized carbons (Fsp3) is 0.421. The molecule has 0 saturated heterocycles. The normalized spacial score (nSPS) is 11.4. The van der Waals surface area contributed by atoms with Crippen molar-refractivity contribution < 1.29 is 19.4 Å². The van der Waals surface area contributed by atoms with Crippen LogP contribution in [-0.4, -0.2) is 35.6 Å². The molecule has 1 aromatic heterocycles. The van der Waals surface area contributed by atoms with E-state index in [2.05, 4.69) is 10.3 Å². The minimum Gasteiger partial charge on any atom is -0.497 e. The lowest BCUT2D eigenvalue weighted by Gasteiger charge is -2.27. The molecule has 134 valence electrons. The number of aliphatic carboxylic acids is 1. The van der Waals surface area contributed by atoms with Crippen molar-refractivity contribution in [2.75, 3.05) is 13.7 Å². The van der Waals surface area contributed by atoms with Crippen LogP contribution in [0.1, 0.15) is 42.7 Å². The van der Waals surface area contributed by atoms with Crippen LogP contribution in [0.4, 0.5) is 0 Å².